The Bertz CT molecular complexity index is 1050. The molecule has 136 valence electrons. The minimum Gasteiger partial charge on any atom is -0.494 e. The largest absolute Gasteiger partial charge is 0.494 e. The summed E-state index contributed by atoms with van der Waals surface area (Å²) in [6.07, 6.45) is 0. The maximum atomic E-state index is 5.46. The highest BCUT2D eigenvalue weighted by Gasteiger charge is 2.14. The number of aryl methyl sites for hydroxylation is 1. The molecule has 0 aliphatic carbocycles. The summed E-state index contributed by atoms with van der Waals surface area (Å²) < 4.78 is 7.17. The fourth-order valence-corrected chi connectivity index (χ4v) is 4.32. The van der Waals surface area contributed by atoms with E-state index in [-0.39, 0.29) is 0 Å². The molecule has 2 heterocycles. The number of thiazole rings is 1. The quantitative estimate of drug-likeness (QED) is 0.451. The van der Waals surface area contributed by atoms with Crippen molar-refractivity contribution in [1.29, 1.82) is 0 Å². The minimum atomic E-state index is 0.692. The Hall–Kier alpha value is -2.71. The van der Waals surface area contributed by atoms with E-state index >= 15 is 0 Å². The van der Waals surface area contributed by atoms with Crippen molar-refractivity contribution in [1.82, 2.24) is 25.2 Å². The van der Waals surface area contributed by atoms with Crippen LogP contribution in [0.1, 0.15) is 11.3 Å². The van der Waals surface area contributed by atoms with Gasteiger partial charge in [-0.3, -0.25) is 0 Å². The summed E-state index contributed by atoms with van der Waals surface area (Å²) in [6.45, 7) is 2.03. The van der Waals surface area contributed by atoms with E-state index in [1.807, 2.05) is 43.3 Å². The number of ether oxygens (including phenoxy) is 1. The first-order valence-electron chi connectivity index (χ1n) is 8.30. The number of methoxy groups -OCH3 is 1. The molecule has 0 amide bonds. The van der Waals surface area contributed by atoms with Gasteiger partial charge in [-0.15, -0.1) is 16.4 Å². The zero-order valence-electron chi connectivity index (χ0n) is 14.9. The van der Waals surface area contributed by atoms with Crippen LogP contribution >= 0.6 is 23.1 Å². The molecule has 0 atom stereocenters. The van der Waals surface area contributed by atoms with Gasteiger partial charge in [0, 0.05) is 16.7 Å². The van der Waals surface area contributed by atoms with Gasteiger partial charge >= 0.3 is 0 Å². The first kappa shape index (κ1) is 17.7. The lowest BCUT2D eigenvalue weighted by molar-refractivity contribution is 0.410. The predicted octanol–water partition coefficient (Wildman–Crippen LogP) is 4.40. The summed E-state index contributed by atoms with van der Waals surface area (Å²) in [5.74, 6) is 1.42. The van der Waals surface area contributed by atoms with E-state index in [1.165, 1.54) is 0 Å². The fourth-order valence-electron chi connectivity index (χ4n) is 2.61. The molecule has 8 heteroatoms. The first-order valence-corrected chi connectivity index (χ1v) is 10.2. The van der Waals surface area contributed by atoms with Gasteiger partial charge in [0.15, 0.2) is 0 Å². The Kier molecular flexibility index (Phi) is 5.17. The van der Waals surface area contributed by atoms with Crippen molar-refractivity contribution in [2.75, 3.05) is 7.11 Å². The third-order valence-corrected chi connectivity index (χ3v) is 5.82. The van der Waals surface area contributed by atoms with E-state index in [1.54, 1.807) is 34.9 Å². The second kappa shape index (κ2) is 7.89. The molecule has 0 saturated carbocycles. The van der Waals surface area contributed by atoms with Gasteiger partial charge in [0.05, 0.1) is 12.8 Å². The fraction of sp³-hybridized carbons (Fsp3) is 0.158. The highest BCUT2D eigenvalue weighted by Crippen LogP contribution is 2.30. The SMILES string of the molecule is COc1ccc(C)cc1-n1nnnc1SCc1csc(-c2ccccc2)n1. The van der Waals surface area contributed by atoms with Crippen LogP contribution in [0.2, 0.25) is 0 Å². The standard InChI is InChI=1S/C19H17N5OS2/c1-13-8-9-17(25-2)16(10-13)24-19(21-22-23-24)27-12-15-11-26-18(20-15)14-6-4-3-5-7-14/h3-11H,12H2,1-2H3. The number of hydrogen-bond acceptors (Lipinski definition) is 7. The Morgan fingerprint density at radius 3 is 2.81 bits per heavy atom. The van der Waals surface area contributed by atoms with Crippen LogP contribution in [0, 0.1) is 6.92 Å². The summed E-state index contributed by atoms with van der Waals surface area (Å²) in [5.41, 5.74) is 4.08. The molecular weight excluding hydrogens is 378 g/mol. The van der Waals surface area contributed by atoms with E-state index < -0.39 is 0 Å². The average molecular weight is 396 g/mol. The molecule has 0 fully saturated rings. The molecule has 2 aromatic carbocycles. The monoisotopic (exact) mass is 395 g/mol. The van der Waals surface area contributed by atoms with Crippen LogP contribution in [-0.4, -0.2) is 32.3 Å². The van der Waals surface area contributed by atoms with Gasteiger partial charge in [-0.25, -0.2) is 4.98 Å². The average Bonchev–Trinajstić information content (AvgIpc) is 3.36. The van der Waals surface area contributed by atoms with Crippen molar-refractivity contribution < 1.29 is 4.74 Å². The van der Waals surface area contributed by atoms with Crippen LogP contribution in [-0.2, 0) is 5.75 Å². The summed E-state index contributed by atoms with van der Waals surface area (Å²) in [6, 6.07) is 16.1. The van der Waals surface area contributed by atoms with Gasteiger partial charge in [-0.1, -0.05) is 48.2 Å². The van der Waals surface area contributed by atoms with Crippen LogP contribution in [0.3, 0.4) is 0 Å². The van der Waals surface area contributed by atoms with Crippen LogP contribution in [0.5, 0.6) is 5.75 Å². The van der Waals surface area contributed by atoms with E-state index in [4.69, 9.17) is 9.72 Å². The predicted molar refractivity (Wildman–Crippen MR) is 108 cm³/mol. The number of thioether (sulfide) groups is 1. The van der Waals surface area contributed by atoms with Crippen LogP contribution in [0.15, 0.2) is 59.1 Å². The number of aromatic nitrogens is 5. The number of tetrazole rings is 1. The lowest BCUT2D eigenvalue weighted by Gasteiger charge is -2.10. The minimum absolute atomic E-state index is 0.692. The molecule has 4 aromatic rings. The van der Waals surface area contributed by atoms with Gasteiger partial charge in [-0.05, 0) is 35.0 Å². The molecule has 6 nitrogen and oxygen atoms in total. The summed E-state index contributed by atoms with van der Waals surface area (Å²) in [5, 5.41) is 15.9. The number of benzene rings is 2. The smallest absolute Gasteiger partial charge is 0.214 e. The van der Waals surface area contributed by atoms with Crippen molar-refractivity contribution in [3.63, 3.8) is 0 Å². The van der Waals surface area contributed by atoms with Crippen LogP contribution in [0.25, 0.3) is 16.3 Å². The zero-order valence-corrected chi connectivity index (χ0v) is 16.5. The molecule has 0 N–H and O–H groups in total. The lowest BCUT2D eigenvalue weighted by Crippen LogP contribution is -2.02. The maximum absolute atomic E-state index is 5.46. The Morgan fingerprint density at radius 2 is 2.00 bits per heavy atom. The van der Waals surface area contributed by atoms with Crippen molar-refractivity contribution in [2.45, 2.75) is 17.8 Å². The highest BCUT2D eigenvalue weighted by atomic mass is 32.2. The summed E-state index contributed by atoms with van der Waals surface area (Å²) in [4.78, 5) is 4.73. The Morgan fingerprint density at radius 1 is 1.15 bits per heavy atom. The molecule has 4 rings (SSSR count). The van der Waals surface area contributed by atoms with E-state index in [0.29, 0.717) is 10.9 Å². The second-order valence-corrected chi connectivity index (χ2v) is 7.65. The third-order valence-electron chi connectivity index (χ3n) is 3.93. The molecule has 2 aromatic heterocycles. The molecule has 0 radical (unpaired) electrons. The molecule has 27 heavy (non-hydrogen) atoms. The lowest BCUT2D eigenvalue weighted by atomic mass is 10.2. The highest BCUT2D eigenvalue weighted by molar-refractivity contribution is 7.98. The van der Waals surface area contributed by atoms with Gasteiger partial charge in [-0.2, -0.15) is 4.68 Å². The van der Waals surface area contributed by atoms with Gasteiger partial charge < -0.3 is 4.74 Å². The van der Waals surface area contributed by atoms with Crippen molar-refractivity contribution >= 4 is 23.1 Å². The van der Waals surface area contributed by atoms with Crippen molar-refractivity contribution in [3.8, 4) is 22.0 Å². The summed E-state index contributed by atoms with van der Waals surface area (Å²) in [7, 11) is 1.64. The van der Waals surface area contributed by atoms with E-state index in [0.717, 1.165) is 33.3 Å². The molecule has 0 aliphatic heterocycles. The van der Waals surface area contributed by atoms with Gasteiger partial charge in [0.2, 0.25) is 5.16 Å². The van der Waals surface area contributed by atoms with E-state index in [9.17, 15) is 0 Å². The second-order valence-electron chi connectivity index (χ2n) is 5.85. The number of hydrogen-bond donors (Lipinski definition) is 0. The molecule has 0 bridgehead atoms. The molecule has 0 unspecified atom stereocenters. The topological polar surface area (TPSA) is 65.7 Å². The molecular formula is C19H17N5OS2. The van der Waals surface area contributed by atoms with Gasteiger partial charge in [0.25, 0.3) is 0 Å². The van der Waals surface area contributed by atoms with Crippen LogP contribution < -0.4 is 4.74 Å². The normalized spacial score (nSPS) is 10.9. The zero-order chi connectivity index (χ0) is 18.6. The number of rotatable bonds is 6. The van der Waals surface area contributed by atoms with E-state index in [2.05, 4.69) is 33.0 Å². The van der Waals surface area contributed by atoms with Crippen molar-refractivity contribution in [2.24, 2.45) is 0 Å². The van der Waals surface area contributed by atoms with Gasteiger partial charge in [0.1, 0.15) is 16.4 Å². The molecule has 0 spiro atoms. The number of nitrogens with zero attached hydrogens (tertiary/aromatic N) is 5. The third kappa shape index (κ3) is 3.86. The molecule has 0 saturated heterocycles. The Labute approximate surface area is 165 Å². The summed E-state index contributed by atoms with van der Waals surface area (Å²) >= 11 is 3.20. The van der Waals surface area contributed by atoms with Crippen molar-refractivity contribution in [3.05, 3.63) is 65.2 Å². The Balaban J connectivity index is 1.54. The van der Waals surface area contributed by atoms with Crippen LogP contribution in [0.4, 0.5) is 0 Å². The maximum Gasteiger partial charge on any atom is 0.214 e. The molecule has 0 aliphatic rings. The first-order chi connectivity index (χ1) is 13.2.